The molecule has 0 radical (unpaired) electrons. The smallest absolute Gasteiger partial charge is 0.327 e. The van der Waals surface area contributed by atoms with Crippen molar-refractivity contribution in [3.8, 4) is 5.75 Å². The highest BCUT2D eigenvalue weighted by molar-refractivity contribution is 6.02. The quantitative estimate of drug-likeness (QED) is 0.866. The molecule has 0 aliphatic carbocycles. The fraction of sp³-hybridized carbons (Fsp3) is 0.200. The van der Waals surface area contributed by atoms with E-state index in [1.54, 1.807) is 17.2 Å². The lowest BCUT2D eigenvalue weighted by Crippen LogP contribution is -2.41. The van der Waals surface area contributed by atoms with Crippen molar-refractivity contribution in [3.05, 3.63) is 48.2 Å². The molecule has 0 fully saturated rings. The Hall–Kier alpha value is -2.56. The van der Waals surface area contributed by atoms with Crippen molar-refractivity contribution in [2.75, 3.05) is 23.4 Å². The summed E-state index contributed by atoms with van der Waals surface area (Å²) < 4.78 is 5.49. The van der Waals surface area contributed by atoms with E-state index >= 15 is 0 Å². The number of nitrogens with zero attached hydrogens (tertiary/aromatic N) is 2. The number of amides is 2. The lowest BCUT2D eigenvalue weighted by molar-refractivity contribution is 0.249. The average Bonchev–Trinajstić information content (AvgIpc) is 2.46. The van der Waals surface area contributed by atoms with Gasteiger partial charge in [-0.3, -0.25) is 4.90 Å². The molecule has 5 nitrogen and oxygen atoms in total. The number of hydrogen-bond acceptors (Lipinski definition) is 3. The molecule has 1 aromatic carbocycles. The van der Waals surface area contributed by atoms with E-state index in [-0.39, 0.29) is 6.03 Å². The number of carbonyl (C=O) groups is 1. The molecule has 2 aromatic rings. The number of fused-ring (bicyclic) bond motifs is 1. The Kier molecular flexibility index (Phi) is 3.25. The summed E-state index contributed by atoms with van der Waals surface area (Å²) in [6.07, 6.45) is 1.65. The molecule has 102 valence electrons. The van der Waals surface area contributed by atoms with Crippen molar-refractivity contribution in [2.45, 2.75) is 6.92 Å². The van der Waals surface area contributed by atoms with Crippen molar-refractivity contribution < 1.29 is 9.53 Å². The van der Waals surface area contributed by atoms with Crippen molar-refractivity contribution in [1.82, 2.24) is 4.98 Å². The fourth-order valence-electron chi connectivity index (χ4n) is 2.16. The monoisotopic (exact) mass is 269 g/mol. The Labute approximate surface area is 117 Å². The van der Waals surface area contributed by atoms with Gasteiger partial charge in [0.15, 0.2) is 11.6 Å². The minimum absolute atomic E-state index is 0.196. The highest BCUT2D eigenvalue weighted by atomic mass is 16.5. The second-order valence-corrected chi connectivity index (χ2v) is 4.62. The Morgan fingerprint density at radius 3 is 3.10 bits per heavy atom. The summed E-state index contributed by atoms with van der Waals surface area (Å²) in [4.78, 5) is 18.2. The van der Waals surface area contributed by atoms with E-state index in [0.29, 0.717) is 24.7 Å². The number of anilines is 2. The minimum atomic E-state index is -0.196. The number of nitrogens with one attached hydrogen (secondary N) is 1. The van der Waals surface area contributed by atoms with Gasteiger partial charge in [0.1, 0.15) is 6.61 Å². The van der Waals surface area contributed by atoms with Gasteiger partial charge in [-0.15, -0.1) is 0 Å². The third-order valence-electron chi connectivity index (χ3n) is 3.09. The van der Waals surface area contributed by atoms with Crippen LogP contribution in [0.1, 0.15) is 5.56 Å². The molecule has 0 bridgehead atoms. The Morgan fingerprint density at radius 2 is 2.25 bits per heavy atom. The second-order valence-electron chi connectivity index (χ2n) is 4.62. The van der Waals surface area contributed by atoms with Gasteiger partial charge in [0.05, 0.1) is 6.54 Å². The summed E-state index contributed by atoms with van der Waals surface area (Å²) in [6.45, 7) is 2.95. The standard InChI is InChI=1S/C15H15N3O2/c1-11-4-2-5-12(10-11)17-15(19)18-8-9-20-13-6-3-7-16-14(13)18/h2-7,10H,8-9H2,1H3,(H,17,19). The number of carbonyl (C=O) groups excluding carboxylic acids is 1. The number of ether oxygens (including phenoxy) is 1. The summed E-state index contributed by atoms with van der Waals surface area (Å²) in [5, 5.41) is 2.88. The van der Waals surface area contributed by atoms with Crippen LogP contribution in [0.5, 0.6) is 5.75 Å². The first-order chi connectivity index (χ1) is 9.74. The number of pyridine rings is 1. The molecular formula is C15H15N3O2. The van der Waals surface area contributed by atoms with Crippen LogP contribution in [0.2, 0.25) is 0 Å². The Morgan fingerprint density at radius 1 is 1.35 bits per heavy atom. The zero-order valence-electron chi connectivity index (χ0n) is 11.2. The van der Waals surface area contributed by atoms with E-state index in [1.165, 1.54) is 0 Å². The molecule has 0 saturated carbocycles. The van der Waals surface area contributed by atoms with Crippen molar-refractivity contribution in [2.24, 2.45) is 0 Å². The molecular weight excluding hydrogens is 254 g/mol. The van der Waals surface area contributed by atoms with Crippen LogP contribution in [0.25, 0.3) is 0 Å². The topological polar surface area (TPSA) is 54.5 Å². The molecule has 0 saturated heterocycles. The van der Waals surface area contributed by atoms with Crippen LogP contribution in [-0.2, 0) is 0 Å². The number of aryl methyl sites for hydroxylation is 1. The summed E-state index contributed by atoms with van der Waals surface area (Å²) in [5.41, 5.74) is 1.88. The summed E-state index contributed by atoms with van der Waals surface area (Å²) >= 11 is 0. The van der Waals surface area contributed by atoms with Crippen LogP contribution in [0.4, 0.5) is 16.3 Å². The normalized spacial score (nSPS) is 13.3. The number of hydrogen-bond donors (Lipinski definition) is 1. The molecule has 0 unspecified atom stereocenters. The summed E-state index contributed by atoms with van der Waals surface area (Å²) in [7, 11) is 0. The van der Waals surface area contributed by atoms with Crippen molar-refractivity contribution in [3.63, 3.8) is 0 Å². The maximum Gasteiger partial charge on any atom is 0.327 e. The number of urea groups is 1. The number of rotatable bonds is 1. The van der Waals surface area contributed by atoms with Crippen LogP contribution < -0.4 is 15.0 Å². The maximum atomic E-state index is 12.4. The van der Waals surface area contributed by atoms with Gasteiger partial charge < -0.3 is 10.1 Å². The van der Waals surface area contributed by atoms with E-state index in [0.717, 1.165) is 11.3 Å². The lowest BCUT2D eigenvalue weighted by Gasteiger charge is -2.28. The highest BCUT2D eigenvalue weighted by Crippen LogP contribution is 2.28. The van der Waals surface area contributed by atoms with E-state index in [4.69, 9.17) is 4.74 Å². The zero-order valence-corrected chi connectivity index (χ0v) is 11.2. The zero-order chi connectivity index (χ0) is 13.9. The lowest BCUT2D eigenvalue weighted by atomic mass is 10.2. The second kappa shape index (κ2) is 5.21. The fourth-order valence-corrected chi connectivity index (χ4v) is 2.16. The summed E-state index contributed by atoms with van der Waals surface area (Å²) in [5.74, 6) is 1.20. The van der Waals surface area contributed by atoms with Gasteiger partial charge in [-0.25, -0.2) is 9.78 Å². The first-order valence-corrected chi connectivity index (χ1v) is 6.47. The van der Waals surface area contributed by atoms with Crippen LogP contribution >= 0.6 is 0 Å². The van der Waals surface area contributed by atoms with Gasteiger partial charge in [0, 0.05) is 11.9 Å². The van der Waals surface area contributed by atoms with Gasteiger partial charge in [0.25, 0.3) is 0 Å². The predicted molar refractivity (Wildman–Crippen MR) is 77.3 cm³/mol. The van der Waals surface area contributed by atoms with Crippen LogP contribution in [0, 0.1) is 6.92 Å². The van der Waals surface area contributed by atoms with Gasteiger partial charge in [-0.05, 0) is 36.8 Å². The molecule has 1 aromatic heterocycles. The van der Waals surface area contributed by atoms with Gasteiger partial charge in [0.2, 0.25) is 0 Å². The molecule has 2 amide bonds. The van der Waals surface area contributed by atoms with Crippen molar-refractivity contribution >= 4 is 17.5 Å². The molecule has 1 aliphatic heterocycles. The molecule has 3 rings (SSSR count). The van der Waals surface area contributed by atoms with Gasteiger partial charge in [-0.1, -0.05) is 12.1 Å². The molecule has 5 heteroatoms. The Bertz CT molecular complexity index is 643. The first kappa shape index (κ1) is 12.5. The largest absolute Gasteiger partial charge is 0.488 e. The number of benzene rings is 1. The molecule has 0 atom stereocenters. The summed E-state index contributed by atoms with van der Waals surface area (Å²) in [6, 6.07) is 11.1. The third kappa shape index (κ3) is 2.42. The SMILES string of the molecule is Cc1cccc(NC(=O)N2CCOc3cccnc32)c1. The average molecular weight is 269 g/mol. The number of aromatic nitrogens is 1. The third-order valence-corrected chi connectivity index (χ3v) is 3.09. The molecule has 1 N–H and O–H groups in total. The van der Waals surface area contributed by atoms with Gasteiger partial charge >= 0.3 is 6.03 Å². The molecule has 0 spiro atoms. The predicted octanol–water partition coefficient (Wildman–Crippen LogP) is 2.82. The van der Waals surface area contributed by atoms with Crippen molar-refractivity contribution in [1.29, 1.82) is 0 Å². The molecule has 2 heterocycles. The van der Waals surface area contributed by atoms with E-state index in [9.17, 15) is 4.79 Å². The van der Waals surface area contributed by atoms with E-state index in [1.807, 2.05) is 37.3 Å². The van der Waals surface area contributed by atoms with E-state index in [2.05, 4.69) is 10.3 Å². The van der Waals surface area contributed by atoms with Gasteiger partial charge in [-0.2, -0.15) is 0 Å². The molecule has 20 heavy (non-hydrogen) atoms. The highest BCUT2D eigenvalue weighted by Gasteiger charge is 2.24. The minimum Gasteiger partial charge on any atom is -0.488 e. The maximum absolute atomic E-state index is 12.4. The van der Waals surface area contributed by atoms with E-state index < -0.39 is 0 Å². The van der Waals surface area contributed by atoms with Crippen LogP contribution in [0.3, 0.4) is 0 Å². The Balaban J connectivity index is 1.82. The van der Waals surface area contributed by atoms with Crippen LogP contribution in [0.15, 0.2) is 42.6 Å². The first-order valence-electron chi connectivity index (χ1n) is 6.47. The molecule has 1 aliphatic rings. The van der Waals surface area contributed by atoms with Crippen LogP contribution in [-0.4, -0.2) is 24.2 Å².